The van der Waals surface area contributed by atoms with Crippen molar-refractivity contribution >= 4 is 28.5 Å². The maximum absolute atomic E-state index is 13.9. The summed E-state index contributed by atoms with van der Waals surface area (Å²) < 4.78 is 86.1. The number of aryl methyl sites for hydroxylation is 1. The summed E-state index contributed by atoms with van der Waals surface area (Å²) in [5.41, 5.74) is 5.28. The summed E-state index contributed by atoms with van der Waals surface area (Å²) in [6, 6.07) is 11.1. The van der Waals surface area contributed by atoms with Gasteiger partial charge in [0.25, 0.3) is 0 Å². The van der Waals surface area contributed by atoms with Gasteiger partial charge in [-0.2, -0.15) is 36.3 Å². The van der Waals surface area contributed by atoms with E-state index >= 15 is 0 Å². The van der Waals surface area contributed by atoms with Crippen LogP contribution in [0.15, 0.2) is 54.6 Å². The molecule has 0 spiro atoms. The number of aromatic nitrogens is 3. The Labute approximate surface area is 231 Å². The topological polar surface area (TPSA) is 89.2 Å². The van der Waals surface area contributed by atoms with Gasteiger partial charge in [-0.05, 0) is 61.3 Å². The fourth-order valence-corrected chi connectivity index (χ4v) is 4.80. The van der Waals surface area contributed by atoms with E-state index in [0.29, 0.717) is 42.7 Å². The van der Waals surface area contributed by atoms with E-state index in [4.69, 9.17) is 10.5 Å². The third-order valence-electron chi connectivity index (χ3n) is 6.77. The molecule has 1 aliphatic heterocycles. The number of rotatable bonds is 7. The Hall–Kier alpha value is -3.97. The number of nitrogens with two attached hydrogens (primary N) is 1. The van der Waals surface area contributed by atoms with Crippen LogP contribution in [0.5, 0.6) is 0 Å². The van der Waals surface area contributed by atoms with Gasteiger partial charge in [0, 0.05) is 24.3 Å². The quantitative estimate of drug-likeness (QED) is 0.249. The molecule has 0 saturated carbocycles. The Kier molecular flexibility index (Phi) is 8.00. The van der Waals surface area contributed by atoms with E-state index < -0.39 is 23.5 Å². The number of hydrogen-bond acceptors (Lipinski definition) is 7. The molecule has 5 rings (SSSR count). The van der Waals surface area contributed by atoms with Gasteiger partial charge >= 0.3 is 12.4 Å². The van der Waals surface area contributed by atoms with Gasteiger partial charge in [-0.1, -0.05) is 18.2 Å². The number of pyridine rings is 1. The summed E-state index contributed by atoms with van der Waals surface area (Å²) in [7, 11) is 0. The maximum atomic E-state index is 13.9. The van der Waals surface area contributed by atoms with Gasteiger partial charge in [-0.3, -0.25) is 4.90 Å². The molecule has 0 aliphatic carbocycles. The number of benzene rings is 2. The van der Waals surface area contributed by atoms with Crippen molar-refractivity contribution in [2.75, 3.05) is 43.9 Å². The molecule has 2 aromatic heterocycles. The van der Waals surface area contributed by atoms with E-state index in [1.807, 2.05) is 0 Å². The molecule has 0 radical (unpaired) electrons. The molecular weight excluding hydrogens is 550 g/mol. The average molecular weight is 577 g/mol. The normalized spacial score (nSPS) is 14.9. The number of halogens is 6. The van der Waals surface area contributed by atoms with E-state index in [1.54, 1.807) is 6.07 Å². The SMILES string of the molecule is Nc1nc(Nc2ccc(C(F)(F)F)cc2)c2c(CCCN3CCOCC3)cc(-c3ccccc3C(F)(F)F)nc2n1. The molecule has 1 saturated heterocycles. The van der Waals surface area contributed by atoms with Crippen LogP contribution < -0.4 is 11.1 Å². The zero-order chi connectivity index (χ0) is 29.2. The number of nitrogen functional groups attached to an aromatic ring is 1. The van der Waals surface area contributed by atoms with Crippen molar-refractivity contribution in [1.29, 1.82) is 0 Å². The number of ether oxygens (including phenoxy) is 1. The van der Waals surface area contributed by atoms with E-state index in [-0.39, 0.29) is 28.7 Å². The number of hydrogen-bond donors (Lipinski definition) is 2. The van der Waals surface area contributed by atoms with E-state index in [2.05, 4.69) is 25.2 Å². The van der Waals surface area contributed by atoms with E-state index in [9.17, 15) is 26.3 Å². The maximum Gasteiger partial charge on any atom is 0.417 e. The van der Waals surface area contributed by atoms with Crippen molar-refractivity contribution in [3.05, 3.63) is 71.3 Å². The fraction of sp³-hybridized carbons (Fsp3) is 0.321. The van der Waals surface area contributed by atoms with Crippen LogP contribution in [-0.2, 0) is 23.5 Å². The molecule has 3 N–H and O–H groups in total. The lowest BCUT2D eigenvalue weighted by Gasteiger charge is -2.26. The molecule has 0 atom stereocenters. The van der Waals surface area contributed by atoms with Crippen LogP contribution in [0.1, 0.15) is 23.1 Å². The number of alkyl halides is 6. The van der Waals surface area contributed by atoms with Crippen molar-refractivity contribution in [3.8, 4) is 11.3 Å². The van der Waals surface area contributed by atoms with Gasteiger partial charge in [0.15, 0.2) is 5.65 Å². The number of nitrogens with zero attached hydrogens (tertiary/aromatic N) is 4. The largest absolute Gasteiger partial charge is 0.417 e. The third kappa shape index (κ3) is 6.68. The summed E-state index contributed by atoms with van der Waals surface area (Å²) in [4.78, 5) is 15.2. The molecule has 7 nitrogen and oxygen atoms in total. The van der Waals surface area contributed by atoms with Gasteiger partial charge in [-0.15, -0.1) is 0 Å². The molecule has 41 heavy (non-hydrogen) atoms. The first-order valence-electron chi connectivity index (χ1n) is 12.9. The van der Waals surface area contributed by atoms with Crippen molar-refractivity contribution in [2.24, 2.45) is 0 Å². The van der Waals surface area contributed by atoms with Crippen LogP contribution in [0.4, 0.5) is 43.8 Å². The van der Waals surface area contributed by atoms with Crippen molar-refractivity contribution in [2.45, 2.75) is 25.2 Å². The Morgan fingerprint density at radius 2 is 1.59 bits per heavy atom. The van der Waals surface area contributed by atoms with Gasteiger partial charge in [0.2, 0.25) is 5.95 Å². The Morgan fingerprint density at radius 3 is 2.27 bits per heavy atom. The Bertz CT molecular complexity index is 1520. The van der Waals surface area contributed by atoms with Crippen molar-refractivity contribution < 1.29 is 31.1 Å². The summed E-state index contributed by atoms with van der Waals surface area (Å²) in [5, 5.41) is 3.42. The molecule has 0 amide bonds. The van der Waals surface area contributed by atoms with Crippen LogP contribution in [0.2, 0.25) is 0 Å². The van der Waals surface area contributed by atoms with E-state index in [1.165, 1.54) is 30.3 Å². The number of nitrogens with one attached hydrogen (secondary N) is 1. The molecule has 0 bridgehead atoms. The Balaban J connectivity index is 1.58. The van der Waals surface area contributed by atoms with Gasteiger partial charge < -0.3 is 15.8 Å². The lowest BCUT2D eigenvalue weighted by molar-refractivity contribution is -0.138. The summed E-state index contributed by atoms with van der Waals surface area (Å²) in [5.74, 6) is -0.00303. The standard InChI is InChI=1S/C28H26F6N6O/c29-27(30,31)18-7-9-19(10-8-18)36-24-23-17(4-3-11-40-12-14-41-15-13-40)16-22(37-25(23)39-26(35)38-24)20-5-1-2-6-21(20)28(32,33)34/h1-2,5-10,16H,3-4,11-15H2,(H3,35,36,37,38,39). The highest BCUT2D eigenvalue weighted by Gasteiger charge is 2.34. The number of anilines is 3. The van der Waals surface area contributed by atoms with Crippen LogP contribution in [-0.4, -0.2) is 52.7 Å². The van der Waals surface area contributed by atoms with Crippen molar-refractivity contribution in [1.82, 2.24) is 19.9 Å². The molecule has 0 unspecified atom stereocenters. The molecule has 1 aliphatic rings. The second-order valence-corrected chi connectivity index (χ2v) is 9.60. The summed E-state index contributed by atoms with van der Waals surface area (Å²) in [6.45, 7) is 3.55. The monoisotopic (exact) mass is 576 g/mol. The molecule has 4 aromatic rings. The molecule has 13 heteroatoms. The van der Waals surface area contributed by atoms with Crippen LogP contribution in [0.25, 0.3) is 22.3 Å². The molecule has 1 fully saturated rings. The zero-order valence-corrected chi connectivity index (χ0v) is 21.7. The smallest absolute Gasteiger partial charge is 0.379 e. The lowest BCUT2D eigenvalue weighted by atomic mass is 9.99. The third-order valence-corrected chi connectivity index (χ3v) is 6.77. The predicted octanol–water partition coefficient (Wildman–Crippen LogP) is 6.32. The van der Waals surface area contributed by atoms with Crippen LogP contribution >= 0.6 is 0 Å². The molecular formula is C28H26F6N6O. The highest BCUT2D eigenvalue weighted by Crippen LogP contribution is 2.38. The summed E-state index contributed by atoms with van der Waals surface area (Å²) in [6.07, 6.45) is -7.98. The second-order valence-electron chi connectivity index (χ2n) is 9.60. The van der Waals surface area contributed by atoms with Gasteiger partial charge in [-0.25, -0.2) is 4.98 Å². The highest BCUT2D eigenvalue weighted by atomic mass is 19.4. The second kappa shape index (κ2) is 11.5. The minimum absolute atomic E-state index is 0.0720. The first kappa shape index (κ1) is 28.6. The lowest BCUT2D eigenvalue weighted by Crippen LogP contribution is -2.36. The first-order chi connectivity index (χ1) is 19.5. The minimum atomic E-state index is -4.61. The zero-order valence-electron chi connectivity index (χ0n) is 21.7. The van der Waals surface area contributed by atoms with Crippen LogP contribution in [0, 0.1) is 0 Å². The predicted molar refractivity (Wildman–Crippen MR) is 142 cm³/mol. The Morgan fingerprint density at radius 1 is 0.878 bits per heavy atom. The number of fused-ring (bicyclic) bond motifs is 1. The van der Waals surface area contributed by atoms with Gasteiger partial charge in [0.1, 0.15) is 5.82 Å². The van der Waals surface area contributed by atoms with Crippen LogP contribution in [0.3, 0.4) is 0 Å². The first-order valence-corrected chi connectivity index (χ1v) is 12.9. The average Bonchev–Trinajstić information content (AvgIpc) is 2.92. The minimum Gasteiger partial charge on any atom is -0.379 e. The van der Waals surface area contributed by atoms with E-state index in [0.717, 1.165) is 37.8 Å². The molecule has 216 valence electrons. The molecule has 2 aromatic carbocycles. The summed E-state index contributed by atoms with van der Waals surface area (Å²) >= 11 is 0. The van der Waals surface area contributed by atoms with Crippen molar-refractivity contribution in [3.63, 3.8) is 0 Å². The number of morpholine rings is 1. The van der Waals surface area contributed by atoms with Gasteiger partial charge in [0.05, 0.1) is 35.4 Å². The highest BCUT2D eigenvalue weighted by molar-refractivity contribution is 5.94. The fourth-order valence-electron chi connectivity index (χ4n) is 4.80. The molecule has 3 heterocycles.